The van der Waals surface area contributed by atoms with E-state index in [1.165, 1.54) is 18.2 Å². The molecule has 4 nitrogen and oxygen atoms in total. The van der Waals surface area contributed by atoms with Crippen molar-refractivity contribution in [1.29, 1.82) is 0 Å². The first kappa shape index (κ1) is 12.2. The number of nitrogens with zero attached hydrogens (tertiary/aromatic N) is 2. The molecule has 0 saturated heterocycles. The number of alkyl halides is 3. The molecule has 0 fully saturated rings. The Labute approximate surface area is 100 Å². The smallest absolute Gasteiger partial charge is 0.416 e. The van der Waals surface area contributed by atoms with Gasteiger partial charge in [-0.1, -0.05) is 6.07 Å². The van der Waals surface area contributed by atoms with Crippen molar-refractivity contribution in [3.05, 3.63) is 42.2 Å². The van der Waals surface area contributed by atoms with Gasteiger partial charge in [0, 0.05) is 6.07 Å². The van der Waals surface area contributed by atoms with Crippen molar-refractivity contribution in [3.63, 3.8) is 0 Å². The lowest BCUT2D eigenvalue weighted by Crippen LogP contribution is -2.04. The molecule has 0 amide bonds. The van der Waals surface area contributed by atoms with E-state index < -0.39 is 11.7 Å². The molecule has 2 rings (SSSR count). The molecule has 1 aromatic carbocycles. The van der Waals surface area contributed by atoms with Crippen LogP contribution >= 0.6 is 0 Å². The molecule has 18 heavy (non-hydrogen) atoms. The van der Waals surface area contributed by atoms with E-state index in [1.807, 2.05) is 0 Å². The van der Waals surface area contributed by atoms with E-state index in [9.17, 15) is 13.2 Å². The number of ether oxygens (including phenoxy) is 1. The predicted molar refractivity (Wildman–Crippen MR) is 58.0 cm³/mol. The van der Waals surface area contributed by atoms with Gasteiger partial charge >= 0.3 is 6.18 Å². The molecular formula is C11H8F3N3O. The molecule has 1 aromatic heterocycles. The minimum absolute atomic E-state index is 0.0305. The number of hydrogen-bond acceptors (Lipinski definition) is 4. The third-order valence-corrected chi connectivity index (χ3v) is 2.05. The predicted octanol–water partition coefficient (Wildman–Crippen LogP) is 2.87. The Morgan fingerprint density at radius 2 is 1.89 bits per heavy atom. The summed E-state index contributed by atoms with van der Waals surface area (Å²) in [6, 6.07) is 5.82. The molecule has 94 valence electrons. The van der Waals surface area contributed by atoms with E-state index in [0.717, 1.165) is 18.5 Å². The lowest BCUT2D eigenvalue weighted by Gasteiger charge is -2.09. The molecule has 2 aromatic rings. The molecule has 0 bridgehead atoms. The number of halogens is 3. The van der Waals surface area contributed by atoms with Crippen LogP contribution in [0.3, 0.4) is 0 Å². The highest BCUT2D eigenvalue weighted by molar-refractivity contribution is 5.36. The molecular weight excluding hydrogens is 247 g/mol. The molecule has 2 N–H and O–H groups in total. The van der Waals surface area contributed by atoms with Gasteiger partial charge in [0.2, 0.25) is 5.88 Å². The Balaban J connectivity index is 2.25. The van der Waals surface area contributed by atoms with Crippen molar-refractivity contribution in [2.45, 2.75) is 6.18 Å². The van der Waals surface area contributed by atoms with Crippen LogP contribution in [0, 0.1) is 0 Å². The van der Waals surface area contributed by atoms with Crippen LogP contribution in [0.5, 0.6) is 11.6 Å². The summed E-state index contributed by atoms with van der Waals surface area (Å²) in [7, 11) is 0. The first-order valence-corrected chi connectivity index (χ1v) is 4.88. The molecule has 0 spiro atoms. The number of anilines is 1. The lowest BCUT2D eigenvalue weighted by molar-refractivity contribution is -0.137. The largest absolute Gasteiger partial charge is 0.439 e. The molecule has 0 aliphatic heterocycles. The van der Waals surface area contributed by atoms with E-state index >= 15 is 0 Å². The standard InChI is InChI=1S/C11H8F3N3O/c12-11(13,14)7-2-1-3-8(4-7)18-10-5-9(15)16-6-17-10/h1-6H,(H2,15,16,17). The second-order valence-electron chi connectivity index (χ2n) is 3.41. The van der Waals surface area contributed by atoms with Gasteiger partial charge in [0.1, 0.15) is 17.9 Å². The molecule has 0 unspecified atom stereocenters. The van der Waals surface area contributed by atoms with Gasteiger partial charge in [-0.15, -0.1) is 0 Å². The van der Waals surface area contributed by atoms with Crippen molar-refractivity contribution >= 4 is 5.82 Å². The summed E-state index contributed by atoms with van der Waals surface area (Å²) >= 11 is 0. The van der Waals surface area contributed by atoms with Crippen LogP contribution in [0.4, 0.5) is 19.0 Å². The van der Waals surface area contributed by atoms with Gasteiger partial charge in [0.25, 0.3) is 0 Å². The van der Waals surface area contributed by atoms with Gasteiger partial charge in [0.15, 0.2) is 0 Å². The number of nitrogen functional groups attached to an aromatic ring is 1. The Kier molecular flexibility index (Phi) is 3.05. The van der Waals surface area contributed by atoms with Crippen LogP contribution < -0.4 is 10.5 Å². The topological polar surface area (TPSA) is 61.0 Å². The maximum atomic E-state index is 12.5. The molecule has 0 radical (unpaired) electrons. The maximum Gasteiger partial charge on any atom is 0.416 e. The third-order valence-electron chi connectivity index (χ3n) is 2.05. The van der Waals surface area contributed by atoms with Crippen molar-refractivity contribution in [2.24, 2.45) is 0 Å². The second-order valence-corrected chi connectivity index (χ2v) is 3.41. The van der Waals surface area contributed by atoms with E-state index in [1.54, 1.807) is 0 Å². The molecule has 7 heteroatoms. The van der Waals surface area contributed by atoms with Gasteiger partial charge in [-0.2, -0.15) is 13.2 Å². The van der Waals surface area contributed by atoms with Gasteiger partial charge in [-0.25, -0.2) is 9.97 Å². The summed E-state index contributed by atoms with van der Waals surface area (Å²) in [6.45, 7) is 0. The molecule has 1 heterocycles. The highest BCUT2D eigenvalue weighted by Crippen LogP contribution is 2.32. The van der Waals surface area contributed by atoms with E-state index in [4.69, 9.17) is 10.5 Å². The highest BCUT2D eigenvalue weighted by atomic mass is 19.4. The van der Waals surface area contributed by atoms with Crippen molar-refractivity contribution in [1.82, 2.24) is 9.97 Å². The summed E-state index contributed by atoms with van der Waals surface area (Å²) in [6.07, 6.45) is -3.25. The second kappa shape index (κ2) is 4.52. The minimum atomic E-state index is -4.41. The summed E-state index contributed by atoms with van der Waals surface area (Å²) in [5, 5.41) is 0. The number of rotatable bonds is 2. The van der Waals surface area contributed by atoms with Crippen LogP contribution in [0.2, 0.25) is 0 Å². The van der Waals surface area contributed by atoms with E-state index in [0.29, 0.717) is 0 Å². The first-order chi connectivity index (χ1) is 8.45. The van der Waals surface area contributed by atoms with Gasteiger partial charge in [-0.05, 0) is 18.2 Å². The normalized spacial score (nSPS) is 11.3. The Hall–Kier alpha value is -2.31. The van der Waals surface area contributed by atoms with Crippen molar-refractivity contribution in [2.75, 3.05) is 5.73 Å². The molecule has 0 atom stereocenters. The van der Waals surface area contributed by atoms with E-state index in [2.05, 4.69) is 9.97 Å². The Morgan fingerprint density at radius 1 is 1.11 bits per heavy atom. The number of benzene rings is 1. The minimum Gasteiger partial charge on any atom is -0.439 e. The first-order valence-electron chi connectivity index (χ1n) is 4.88. The van der Waals surface area contributed by atoms with Gasteiger partial charge in [0.05, 0.1) is 5.56 Å². The van der Waals surface area contributed by atoms with Crippen LogP contribution in [0.25, 0.3) is 0 Å². The van der Waals surface area contributed by atoms with Crippen molar-refractivity contribution in [3.8, 4) is 11.6 Å². The van der Waals surface area contributed by atoms with Gasteiger partial charge < -0.3 is 10.5 Å². The molecule has 0 saturated carbocycles. The molecule has 0 aliphatic carbocycles. The fourth-order valence-electron chi connectivity index (χ4n) is 1.27. The summed E-state index contributed by atoms with van der Waals surface area (Å²) in [5.74, 6) is 0.289. The SMILES string of the molecule is Nc1cc(Oc2cccc(C(F)(F)F)c2)ncn1. The van der Waals surface area contributed by atoms with Crippen LogP contribution in [0.1, 0.15) is 5.56 Å². The fraction of sp³-hybridized carbons (Fsp3) is 0.0909. The number of nitrogens with two attached hydrogens (primary N) is 1. The maximum absolute atomic E-state index is 12.5. The molecule has 0 aliphatic rings. The van der Waals surface area contributed by atoms with Crippen LogP contribution in [-0.4, -0.2) is 9.97 Å². The Bertz CT molecular complexity index is 557. The summed E-state index contributed by atoms with van der Waals surface area (Å²) < 4.78 is 42.6. The summed E-state index contributed by atoms with van der Waals surface area (Å²) in [4.78, 5) is 7.38. The quantitative estimate of drug-likeness (QED) is 0.896. The highest BCUT2D eigenvalue weighted by Gasteiger charge is 2.30. The van der Waals surface area contributed by atoms with E-state index in [-0.39, 0.29) is 17.4 Å². The zero-order chi connectivity index (χ0) is 13.2. The summed E-state index contributed by atoms with van der Waals surface area (Å²) in [5.41, 5.74) is 4.61. The lowest BCUT2D eigenvalue weighted by atomic mass is 10.2. The zero-order valence-electron chi connectivity index (χ0n) is 8.98. The fourth-order valence-corrected chi connectivity index (χ4v) is 1.27. The van der Waals surface area contributed by atoms with Crippen LogP contribution in [-0.2, 0) is 6.18 Å². The monoisotopic (exact) mass is 255 g/mol. The van der Waals surface area contributed by atoms with Gasteiger partial charge in [-0.3, -0.25) is 0 Å². The average Bonchev–Trinajstić information content (AvgIpc) is 2.28. The number of aromatic nitrogens is 2. The van der Waals surface area contributed by atoms with Crippen molar-refractivity contribution < 1.29 is 17.9 Å². The Morgan fingerprint density at radius 3 is 2.56 bits per heavy atom. The third kappa shape index (κ3) is 2.88. The number of hydrogen-bond donors (Lipinski definition) is 1. The average molecular weight is 255 g/mol. The zero-order valence-corrected chi connectivity index (χ0v) is 8.98. The van der Waals surface area contributed by atoms with Crippen LogP contribution in [0.15, 0.2) is 36.7 Å².